The Hall–Kier alpha value is -0.250. The molecule has 1 N–H and O–H groups in total. The first-order valence-corrected chi connectivity index (χ1v) is 7.72. The minimum absolute atomic E-state index is 0.231. The number of piperazine rings is 1. The summed E-state index contributed by atoms with van der Waals surface area (Å²) in [5.41, 5.74) is 1.38. The van der Waals surface area contributed by atoms with E-state index in [1.165, 1.54) is 0 Å². The third-order valence-corrected chi connectivity index (χ3v) is 4.78. The van der Waals surface area contributed by atoms with Gasteiger partial charge >= 0.3 is 0 Å². The fraction of sp³-hybridized carbons (Fsp3) is 0.571. The van der Waals surface area contributed by atoms with Gasteiger partial charge in [-0.2, -0.15) is 0 Å². The van der Waals surface area contributed by atoms with Crippen molar-refractivity contribution < 1.29 is 0 Å². The van der Waals surface area contributed by atoms with E-state index in [0.717, 1.165) is 47.7 Å². The Morgan fingerprint density at radius 3 is 2.72 bits per heavy atom. The second kappa shape index (κ2) is 5.81. The molecule has 1 aliphatic rings. The van der Waals surface area contributed by atoms with Crippen molar-refractivity contribution >= 4 is 33.2 Å². The van der Waals surface area contributed by atoms with Crippen LogP contribution in [0.3, 0.4) is 0 Å². The molecule has 100 valence electrons. The molecule has 0 radical (unpaired) electrons. The van der Waals surface area contributed by atoms with Gasteiger partial charge in [0.2, 0.25) is 0 Å². The number of nitrogens with one attached hydrogen (secondary N) is 1. The Morgan fingerprint density at radius 2 is 2.11 bits per heavy atom. The molecule has 4 heteroatoms. The van der Waals surface area contributed by atoms with Crippen LogP contribution in [0.4, 0.5) is 5.69 Å². The van der Waals surface area contributed by atoms with Gasteiger partial charge in [0.25, 0.3) is 0 Å². The summed E-state index contributed by atoms with van der Waals surface area (Å²) in [5, 5.41) is 4.49. The van der Waals surface area contributed by atoms with Crippen LogP contribution in [0.1, 0.15) is 26.7 Å². The Kier molecular flexibility index (Phi) is 4.57. The zero-order valence-electron chi connectivity index (χ0n) is 11.0. The summed E-state index contributed by atoms with van der Waals surface area (Å²) in [6.45, 7) is 7.57. The summed E-state index contributed by atoms with van der Waals surface area (Å²) < 4.78 is 1.03. The van der Waals surface area contributed by atoms with E-state index >= 15 is 0 Å². The first kappa shape index (κ1) is 14.2. The number of hydrogen-bond donors (Lipinski definition) is 1. The zero-order chi connectivity index (χ0) is 13.2. The molecule has 18 heavy (non-hydrogen) atoms. The predicted octanol–water partition coefficient (Wildman–Crippen LogP) is 4.07. The SMILES string of the molecule is CCC1(CC)CN(c2ccc(Br)cc2Cl)CCN1. The maximum absolute atomic E-state index is 6.35. The van der Waals surface area contributed by atoms with E-state index < -0.39 is 0 Å². The van der Waals surface area contributed by atoms with Crippen molar-refractivity contribution in [2.24, 2.45) is 0 Å². The standard InChI is InChI=1S/C14H20BrClN2/c1-3-14(4-2)10-18(8-7-17-14)13-6-5-11(15)9-12(13)16/h5-6,9,17H,3-4,7-8,10H2,1-2H3. The zero-order valence-corrected chi connectivity index (χ0v) is 13.3. The second-order valence-corrected chi connectivity index (χ2v) is 6.25. The van der Waals surface area contributed by atoms with E-state index in [9.17, 15) is 0 Å². The lowest BCUT2D eigenvalue weighted by atomic mass is 9.90. The van der Waals surface area contributed by atoms with Gasteiger partial charge < -0.3 is 10.2 Å². The van der Waals surface area contributed by atoms with Gasteiger partial charge in [-0.05, 0) is 31.0 Å². The summed E-state index contributed by atoms with van der Waals surface area (Å²) in [5.74, 6) is 0. The number of benzene rings is 1. The fourth-order valence-corrected chi connectivity index (χ4v) is 3.42. The number of halogens is 2. The van der Waals surface area contributed by atoms with Crippen molar-refractivity contribution in [3.05, 3.63) is 27.7 Å². The van der Waals surface area contributed by atoms with Crippen LogP contribution < -0.4 is 10.2 Å². The summed E-state index contributed by atoms with van der Waals surface area (Å²) in [6, 6.07) is 6.13. The van der Waals surface area contributed by atoms with Gasteiger partial charge in [0.05, 0.1) is 10.7 Å². The quantitative estimate of drug-likeness (QED) is 0.898. The highest BCUT2D eigenvalue weighted by Crippen LogP contribution is 2.32. The van der Waals surface area contributed by atoms with Crippen molar-refractivity contribution in [1.82, 2.24) is 5.32 Å². The van der Waals surface area contributed by atoms with Crippen LogP contribution in [0.2, 0.25) is 5.02 Å². The monoisotopic (exact) mass is 330 g/mol. The van der Waals surface area contributed by atoms with Crippen molar-refractivity contribution in [1.29, 1.82) is 0 Å². The second-order valence-electron chi connectivity index (χ2n) is 4.93. The molecule has 0 aromatic heterocycles. The Labute approximate surface area is 123 Å². The summed E-state index contributed by atoms with van der Waals surface area (Å²) in [6.07, 6.45) is 2.29. The molecular weight excluding hydrogens is 312 g/mol. The molecule has 0 aliphatic carbocycles. The van der Waals surface area contributed by atoms with Crippen LogP contribution in [0, 0.1) is 0 Å². The molecule has 0 saturated carbocycles. The van der Waals surface area contributed by atoms with Crippen molar-refractivity contribution in [2.75, 3.05) is 24.5 Å². The van der Waals surface area contributed by atoms with E-state index in [-0.39, 0.29) is 5.54 Å². The van der Waals surface area contributed by atoms with Crippen LogP contribution in [-0.4, -0.2) is 25.2 Å². The number of hydrogen-bond acceptors (Lipinski definition) is 2. The highest BCUT2D eigenvalue weighted by atomic mass is 79.9. The third-order valence-electron chi connectivity index (χ3n) is 3.98. The highest BCUT2D eigenvalue weighted by Gasteiger charge is 2.32. The average molecular weight is 332 g/mol. The van der Waals surface area contributed by atoms with Gasteiger partial charge in [-0.25, -0.2) is 0 Å². The van der Waals surface area contributed by atoms with Crippen LogP contribution in [-0.2, 0) is 0 Å². The van der Waals surface area contributed by atoms with E-state index in [1.807, 2.05) is 6.07 Å². The summed E-state index contributed by atoms with van der Waals surface area (Å²) in [7, 11) is 0. The molecule has 1 aliphatic heterocycles. The van der Waals surface area contributed by atoms with Crippen LogP contribution in [0.25, 0.3) is 0 Å². The van der Waals surface area contributed by atoms with Crippen molar-refractivity contribution in [2.45, 2.75) is 32.2 Å². The van der Waals surface area contributed by atoms with E-state index in [2.05, 4.69) is 52.1 Å². The molecule has 2 rings (SSSR count). The molecular formula is C14H20BrClN2. The van der Waals surface area contributed by atoms with Gasteiger partial charge in [0.15, 0.2) is 0 Å². The Morgan fingerprint density at radius 1 is 1.39 bits per heavy atom. The number of anilines is 1. The lowest BCUT2D eigenvalue weighted by Crippen LogP contribution is -2.60. The van der Waals surface area contributed by atoms with E-state index in [1.54, 1.807) is 0 Å². The van der Waals surface area contributed by atoms with Crippen LogP contribution >= 0.6 is 27.5 Å². The molecule has 1 saturated heterocycles. The van der Waals surface area contributed by atoms with E-state index in [4.69, 9.17) is 11.6 Å². The summed E-state index contributed by atoms with van der Waals surface area (Å²) >= 11 is 9.81. The third kappa shape index (κ3) is 2.84. The number of nitrogens with zero attached hydrogens (tertiary/aromatic N) is 1. The molecule has 1 aromatic carbocycles. The molecule has 2 nitrogen and oxygen atoms in total. The Bertz CT molecular complexity index is 418. The van der Waals surface area contributed by atoms with Gasteiger partial charge in [0.1, 0.15) is 0 Å². The molecule has 1 fully saturated rings. The molecule has 1 heterocycles. The first-order valence-electron chi connectivity index (χ1n) is 6.55. The maximum atomic E-state index is 6.35. The van der Waals surface area contributed by atoms with Crippen molar-refractivity contribution in [3.63, 3.8) is 0 Å². The minimum atomic E-state index is 0.231. The Balaban J connectivity index is 2.23. The maximum Gasteiger partial charge on any atom is 0.0650 e. The fourth-order valence-electron chi connectivity index (χ4n) is 2.62. The molecule has 0 spiro atoms. The highest BCUT2D eigenvalue weighted by molar-refractivity contribution is 9.10. The predicted molar refractivity (Wildman–Crippen MR) is 82.7 cm³/mol. The topological polar surface area (TPSA) is 15.3 Å². The van der Waals surface area contributed by atoms with Gasteiger partial charge in [-0.15, -0.1) is 0 Å². The summed E-state index contributed by atoms with van der Waals surface area (Å²) in [4.78, 5) is 2.40. The minimum Gasteiger partial charge on any atom is -0.367 e. The molecule has 0 atom stereocenters. The molecule has 0 amide bonds. The van der Waals surface area contributed by atoms with Gasteiger partial charge in [-0.3, -0.25) is 0 Å². The van der Waals surface area contributed by atoms with Crippen molar-refractivity contribution in [3.8, 4) is 0 Å². The number of rotatable bonds is 3. The van der Waals surface area contributed by atoms with E-state index in [0.29, 0.717) is 0 Å². The first-order chi connectivity index (χ1) is 8.60. The average Bonchev–Trinajstić information content (AvgIpc) is 2.38. The van der Waals surface area contributed by atoms with Gasteiger partial charge in [0, 0.05) is 29.6 Å². The normalized spacial score (nSPS) is 19.0. The van der Waals surface area contributed by atoms with Gasteiger partial charge in [-0.1, -0.05) is 41.4 Å². The van der Waals surface area contributed by atoms with Crippen LogP contribution in [0.15, 0.2) is 22.7 Å². The van der Waals surface area contributed by atoms with Crippen LogP contribution in [0.5, 0.6) is 0 Å². The lowest BCUT2D eigenvalue weighted by molar-refractivity contribution is 0.277. The lowest BCUT2D eigenvalue weighted by Gasteiger charge is -2.44. The molecule has 1 aromatic rings. The largest absolute Gasteiger partial charge is 0.367 e. The molecule has 0 bridgehead atoms. The smallest absolute Gasteiger partial charge is 0.0650 e. The molecule has 0 unspecified atom stereocenters.